The fraction of sp³-hybridized carbons (Fsp3) is 0.864. The molecule has 0 bridgehead atoms. The van der Waals surface area contributed by atoms with Crippen molar-refractivity contribution >= 4 is 19.8 Å². The standard InChI is InChI=1S/C59H112NO8P/c1-6-8-10-12-14-16-17-18-19-20-21-22-23-24-25-26-27-28-29-30-31-32-33-34-35-36-37-38-39-40-41-42-43-44-46-48-50-52-59(62)68-57(56-67-69(63,64)66-54-53-60(3,4)5)55-65-58(61)51-49-47-45-15-13-11-9-7-2/h17-18,20-21,23-24,57H,6-16,19,22,25-56H2,1-5H3/p+1/b18-17-,21-20-,24-23-. The number of hydrogen-bond donors (Lipinski definition) is 1. The number of phosphoric acid groups is 1. The van der Waals surface area contributed by atoms with Gasteiger partial charge in [-0.25, -0.2) is 4.57 Å². The number of phosphoric ester groups is 1. The lowest BCUT2D eigenvalue weighted by molar-refractivity contribution is -0.870. The molecule has 0 aliphatic rings. The Bertz CT molecular complexity index is 1260. The predicted octanol–water partition coefficient (Wildman–Crippen LogP) is 18.0. The van der Waals surface area contributed by atoms with Gasteiger partial charge in [-0.15, -0.1) is 0 Å². The van der Waals surface area contributed by atoms with Crippen LogP contribution in [0.25, 0.3) is 0 Å². The van der Waals surface area contributed by atoms with Crippen molar-refractivity contribution in [3.05, 3.63) is 36.5 Å². The predicted molar refractivity (Wildman–Crippen MR) is 294 cm³/mol. The lowest BCUT2D eigenvalue weighted by Crippen LogP contribution is -2.37. The number of rotatable bonds is 54. The summed E-state index contributed by atoms with van der Waals surface area (Å²) >= 11 is 0. The number of ether oxygens (including phenoxy) is 2. The van der Waals surface area contributed by atoms with Gasteiger partial charge in [0.2, 0.25) is 0 Å². The van der Waals surface area contributed by atoms with E-state index in [2.05, 4.69) is 50.3 Å². The smallest absolute Gasteiger partial charge is 0.462 e. The molecular formula is C59H113NO8P+. The van der Waals surface area contributed by atoms with Gasteiger partial charge in [-0.3, -0.25) is 18.6 Å². The Hall–Kier alpha value is -1.77. The van der Waals surface area contributed by atoms with Crippen molar-refractivity contribution < 1.29 is 42.1 Å². The van der Waals surface area contributed by atoms with Crippen LogP contribution < -0.4 is 0 Å². The molecule has 0 spiro atoms. The van der Waals surface area contributed by atoms with E-state index in [0.717, 1.165) is 44.9 Å². The molecule has 2 atom stereocenters. The number of unbranched alkanes of at least 4 members (excludes halogenated alkanes) is 34. The van der Waals surface area contributed by atoms with Gasteiger partial charge in [0.05, 0.1) is 27.7 Å². The van der Waals surface area contributed by atoms with Crippen molar-refractivity contribution in [1.29, 1.82) is 0 Å². The van der Waals surface area contributed by atoms with E-state index in [1.54, 1.807) is 0 Å². The molecule has 0 saturated heterocycles. The summed E-state index contributed by atoms with van der Waals surface area (Å²) in [4.78, 5) is 35.4. The molecular weight excluding hydrogens is 882 g/mol. The Labute approximate surface area is 427 Å². The minimum Gasteiger partial charge on any atom is -0.462 e. The molecule has 0 aliphatic carbocycles. The van der Waals surface area contributed by atoms with Gasteiger partial charge < -0.3 is 18.9 Å². The van der Waals surface area contributed by atoms with Crippen LogP contribution in [0.15, 0.2) is 36.5 Å². The van der Waals surface area contributed by atoms with Gasteiger partial charge in [-0.2, -0.15) is 0 Å². The topological polar surface area (TPSA) is 108 Å². The second-order valence-corrected chi connectivity index (χ2v) is 22.5. The molecule has 0 saturated carbocycles. The lowest BCUT2D eigenvalue weighted by atomic mass is 10.0. The molecule has 0 fully saturated rings. The van der Waals surface area contributed by atoms with Gasteiger partial charge in [0, 0.05) is 12.8 Å². The third kappa shape index (κ3) is 55.4. The maximum absolute atomic E-state index is 12.7. The molecule has 9 nitrogen and oxygen atoms in total. The Morgan fingerprint density at radius 1 is 0.449 bits per heavy atom. The summed E-state index contributed by atoms with van der Waals surface area (Å²) in [5.41, 5.74) is 0. The Morgan fingerprint density at radius 3 is 1.16 bits per heavy atom. The summed E-state index contributed by atoms with van der Waals surface area (Å²) in [6.07, 6.45) is 62.6. The molecule has 0 aromatic heterocycles. The summed E-state index contributed by atoms with van der Waals surface area (Å²) in [5.74, 6) is -0.790. The number of esters is 2. The highest BCUT2D eigenvalue weighted by Gasteiger charge is 2.27. The van der Waals surface area contributed by atoms with Crippen LogP contribution in [0, 0.1) is 0 Å². The fourth-order valence-electron chi connectivity index (χ4n) is 8.38. The second-order valence-electron chi connectivity index (χ2n) is 21.0. The lowest BCUT2D eigenvalue weighted by Gasteiger charge is -2.24. The van der Waals surface area contributed by atoms with Crippen molar-refractivity contribution in [2.45, 2.75) is 283 Å². The van der Waals surface area contributed by atoms with Crippen molar-refractivity contribution in [3.8, 4) is 0 Å². The van der Waals surface area contributed by atoms with Crippen molar-refractivity contribution in [1.82, 2.24) is 0 Å². The zero-order valence-corrected chi connectivity index (χ0v) is 47.0. The van der Waals surface area contributed by atoms with Crippen LogP contribution >= 0.6 is 7.82 Å². The number of carbonyl (C=O) groups is 2. The van der Waals surface area contributed by atoms with E-state index in [1.807, 2.05) is 21.1 Å². The molecule has 0 radical (unpaired) electrons. The van der Waals surface area contributed by atoms with E-state index in [0.29, 0.717) is 23.9 Å². The molecule has 0 heterocycles. The average Bonchev–Trinajstić information content (AvgIpc) is 3.31. The molecule has 0 aromatic rings. The van der Waals surface area contributed by atoms with Gasteiger partial charge in [0.25, 0.3) is 0 Å². The van der Waals surface area contributed by atoms with Crippen LogP contribution in [0.1, 0.15) is 277 Å². The van der Waals surface area contributed by atoms with Gasteiger partial charge in [0.1, 0.15) is 19.8 Å². The summed E-state index contributed by atoms with van der Waals surface area (Å²) < 4.78 is 34.4. The molecule has 406 valence electrons. The number of carbonyl (C=O) groups excluding carboxylic acids is 2. The number of hydrogen-bond acceptors (Lipinski definition) is 7. The van der Waals surface area contributed by atoms with E-state index in [9.17, 15) is 19.0 Å². The van der Waals surface area contributed by atoms with Crippen LogP contribution in [0.5, 0.6) is 0 Å². The first-order valence-corrected chi connectivity index (χ1v) is 30.7. The van der Waals surface area contributed by atoms with Crippen molar-refractivity contribution in [3.63, 3.8) is 0 Å². The van der Waals surface area contributed by atoms with Gasteiger partial charge in [-0.05, 0) is 51.4 Å². The number of likely N-dealkylation sites (N-methyl/N-ethyl adjacent to an activating group) is 1. The Kier molecular flexibility index (Phi) is 49.8. The number of quaternary nitrogens is 1. The fourth-order valence-corrected chi connectivity index (χ4v) is 9.12. The van der Waals surface area contributed by atoms with Crippen LogP contribution in [-0.2, 0) is 32.7 Å². The molecule has 0 rings (SSSR count). The third-order valence-electron chi connectivity index (χ3n) is 12.9. The SMILES string of the molecule is CCCCCCC/C=C\C/C=C\C/C=C\CCCCCCCCCCCCCCCCCCCCCCCCC(=O)OC(COC(=O)CCCCCCCCCC)COP(=O)(O)OCC[N+](C)(C)C. The maximum atomic E-state index is 12.7. The highest BCUT2D eigenvalue weighted by molar-refractivity contribution is 7.47. The molecule has 1 N–H and O–H groups in total. The Balaban J connectivity index is 3.83. The third-order valence-corrected chi connectivity index (χ3v) is 13.9. The summed E-state index contributed by atoms with van der Waals surface area (Å²) in [6.45, 7) is 4.41. The monoisotopic (exact) mass is 995 g/mol. The number of allylic oxidation sites excluding steroid dienone is 6. The Morgan fingerprint density at radius 2 is 0.783 bits per heavy atom. The first-order valence-electron chi connectivity index (χ1n) is 29.2. The first-order chi connectivity index (χ1) is 33.5. The molecule has 69 heavy (non-hydrogen) atoms. The zero-order chi connectivity index (χ0) is 50.6. The van der Waals surface area contributed by atoms with Crippen molar-refractivity contribution in [2.24, 2.45) is 0 Å². The first kappa shape index (κ1) is 67.2. The molecule has 0 amide bonds. The van der Waals surface area contributed by atoms with E-state index in [-0.39, 0.29) is 25.6 Å². The van der Waals surface area contributed by atoms with Crippen LogP contribution in [0.4, 0.5) is 0 Å². The highest BCUT2D eigenvalue weighted by atomic mass is 31.2. The van der Waals surface area contributed by atoms with Gasteiger partial charge >= 0.3 is 19.8 Å². The second kappa shape index (κ2) is 51.1. The van der Waals surface area contributed by atoms with E-state index in [1.165, 1.54) is 199 Å². The zero-order valence-electron chi connectivity index (χ0n) is 46.1. The quantitative estimate of drug-likeness (QED) is 0.0211. The molecule has 10 heteroatoms. The van der Waals surface area contributed by atoms with Gasteiger partial charge in [0.15, 0.2) is 6.10 Å². The van der Waals surface area contributed by atoms with E-state index in [4.69, 9.17) is 18.5 Å². The largest absolute Gasteiger partial charge is 0.472 e. The average molecular weight is 996 g/mol. The molecule has 0 aromatic carbocycles. The normalized spacial score (nSPS) is 13.5. The molecule has 0 aliphatic heterocycles. The summed E-state index contributed by atoms with van der Waals surface area (Å²) in [6, 6.07) is 0. The minimum absolute atomic E-state index is 0.0345. The highest BCUT2D eigenvalue weighted by Crippen LogP contribution is 2.43. The van der Waals surface area contributed by atoms with Crippen LogP contribution in [0.3, 0.4) is 0 Å². The summed E-state index contributed by atoms with van der Waals surface area (Å²) in [7, 11) is 1.49. The van der Waals surface area contributed by atoms with Gasteiger partial charge in [-0.1, -0.05) is 249 Å². The number of nitrogens with zero attached hydrogens (tertiary/aromatic N) is 1. The summed E-state index contributed by atoms with van der Waals surface area (Å²) in [5, 5.41) is 0. The van der Waals surface area contributed by atoms with E-state index >= 15 is 0 Å². The van der Waals surface area contributed by atoms with Crippen LogP contribution in [-0.4, -0.2) is 74.9 Å². The van der Waals surface area contributed by atoms with E-state index < -0.39 is 26.5 Å². The molecule has 2 unspecified atom stereocenters. The minimum atomic E-state index is -4.37. The van der Waals surface area contributed by atoms with Crippen LogP contribution in [0.2, 0.25) is 0 Å². The van der Waals surface area contributed by atoms with Crippen molar-refractivity contribution in [2.75, 3.05) is 47.5 Å². The maximum Gasteiger partial charge on any atom is 0.472 e.